The summed E-state index contributed by atoms with van der Waals surface area (Å²) in [6.07, 6.45) is 1.99. The van der Waals surface area contributed by atoms with Crippen molar-refractivity contribution in [2.75, 3.05) is 0 Å². The summed E-state index contributed by atoms with van der Waals surface area (Å²) in [6.45, 7) is 17.3. The maximum absolute atomic E-state index is 7.08. The molecule has 2 aromatic rings. The van der Waals surface area contributed by atoms with E-state index >= 15 is 0 Å². The lowest BCUT2D eigenvalue weighted by atomic mass is 9.89. The molecule has 166 valence electrons. The average Bonchev–Trinajstić information content (AvgIpc) is 2.91. The highest BCUT2D eigenvalue weighted by atomic mass is 28.4. The molecule has 2 aromatic carbocycles. The topological polar surface area (TPSA) is 27.7 Å². The molecule has 1 saturated heterocycles. The molecule has 1 atom stereocenters. The Kier molecular flexibility index (Phi) is 6.74. The predicted octanol–water partition coefficient (Wildman–Crippen LogP) is 5.14. The predicted molar refractivity (Wildman–Crippen MR) is 133 cm³/mol. The summed E-state index contributed by atoms with van der Waals surface area (Å²) in [6, 6.07) is 21.4. The van der Waals surface area contributed by atoms with Gasteiger partial charge in [0.15, 0.2) is 0 Å². The van der Waals surface area contributed by atoms with E-state index in [1.54, 1.807) is 0 Å². The first-order chi connectivity index (χ1) is 14.4. The van der Waals surface area contributed by atoms with E-state index in [4.69, 9.17) is 13.7 Å². The van der Waals surface area contributed by atoms with Gasteiger partial charge in [-0.1, -0.05) is 93.5 Å². The van der Waals surface area contributed by atoms with Gasteiger partial charge in [-0.25, -0.2) is 0 Å². The van der Waals surface area contributed by atoms with E-state index in [-0.39, 0.29) is 29.5 Å². The van der Waals surface area contributed by atoms with Crippen LogP contribution in [0.3, 0.4) is 0 Å². The molecule has 0 N–H and O–H groups in total. The van der Waals surface area contributed by atoms with Gasteiger partial charge in [0.05, 0.1) is 17.3 Å². The van der Waals surface area contributed by atoms with Crippen LogP contribution in [0.4, 0.5) is 0 Å². The van der Waals surface area contributed by atoms with Crippen LogP contribution >= 0.6 is 0 Å². The minimum Gasteiger partial charge on any atom is -0.401 e. The molecule has 1 fully saturated rings. The summed E-state index contributed by atoms with van der Waals surface area (Å²) in [5, 5.41) is 2.51. The quantitative estimate of drug-likeness (QED) is 0.587. The fraction of sp³-hybridized carbons (Fsp3) is 0.462. The lowest BCUT2D eigenvalue weighted by Gasteiger charge is -2.44. The second-order valence-electron chi connectivity index (χ2n) is 10.5. The molecular formula is C26H37BO3Si. The van der Waals surface area contributed by atoms with Gasteiger partial charge in [0.2, 0.25) is 0 Å². The van der Waals surface area contributed by atoms with Crippen LogP contribution in [0, 0.1) is 0 Å². The van der Waals surface area contributed by atoms with Crippen molar-refractivity contribution in [3.8, 4) is 0 Å². The molecule has 1 heterocycles. The molecule has 0 amide bonds. The fourth-order valence-corrected chi connectivity index (χ4v) is 8.87. The Morgan fingerprint density at radius 2 is 1.26 bits per heavy atom. The van der Waals surface area contributed by atoms with Crippen LogP contribution in [0.1, 0.15) is 55.4 Å². The minimum absolute atomic E-state index is 0.0534. The van der Waals surface area contributed by atoms with Crippen LogP contribution in [-0.2, 0) is 13.7 Å². The highest BCUT2D eigenvalue weighted by molar-refractivity contribution is 6.99. The van der Waals surface area contributed by atoms with Gasteiger partial charge >= 0.3 is 7.12 Å². The number of benzene rings is 2. The number of hydrogen-bond acceptors (Lipinski definition) is 3. The lowest BCUT2D eigenvalue weighted by molar-refractivity contribution is 0.00578. The monoisotopic (exact) mass is 436 g/mol. The maximum Gasteiger partial charge on any atom is 0.486 e. The average molecular weight is 436 g/mol. The Morgan fingerprint density at radius 1 is 0.839 bits per heavy atom. The molecule has 0 unspecified atom stereocenters. The van der Waals surface area contributed by atoms with E-state index in [2.05, 4.69) is 122 Å². The third-order valence-electron chi connectivity index (χ3n) is 6.59. The van der Waals surface area contributed by atoms with Gasteiger partial charge in [0.1, 0.15) is 0 Å². The van der Waals surface area contributed by atoms with Crippen molar-refractivity contribution < 1.29 is 13.7 Å². The molecule has 0 aromatic heterocycles. The molecule has 0 saturated carbocycles. The molecular weight excluding hydrogens is 399 g/mol. The van der Waals surface area contributed by atoms with E-state index in [1.165, 1.54) is 10.4 Å². The van der Waals surface area contributed by atoms with Crippen molar-refractivity contribution in [3.05, 3.63) is 72.7 Å². The van der Waals surface area contributed by atoms with Gasteiger partial charge in [0.25, 0.3) is 8.32 Å². The zero-order chi connectivity index (χ0) is 22.9. The smallest absolute Gasteiger partial charge is 0.401 e. The summed E-state index contributed by atoms with van der Waals surface area (Å²) in [7, 11) is -2.94. The molecule has 1 aliphatic heterocycles. The molecule has 0 spiro atoms. The molecule has 3 rings (SSSR count). The van der Waals surface area contributed by atoms with E-state index < -0.39 is 8.32 Å². The van der Waals surface area contributed by atoms with Crippen molar-refractivity contribution >= 4 is 25.8 Å². The first-order valence-corrected chi connectivity index (χ1v) is 13.1. The third-order valence-corrected chi connectivity index (χ3v) is 11.7. The van der Waals surface area contributed by atoms with Crippen LogP contribution < -0.4 is 10.4 Å². The fourth-order valence-electron chi connectivity index (χ4n) is 4.22. The SMILES string of the molecule is C[C@H](/C=C/B1OC(C)(C)C(C)(C)O1)O[Si](c1ccccc1)(c1ccccc1)C(C)(C)C. The Hall–Kier alpha value is -1.66. The molecule has 0 aliphatic carbocycles. The minimum atomic E-state index is -2.58. The summed E-state index contributed by atoms with van der Waals surface area (Å²) < 4.78 is 19.3. The molecule has 5 heteroatoms. The molecule has 3 nitrogen and oxygen atoms in total. The van der Waals surface area contributed by atoms with Gasteiger partial charge < -0.3 is 13.7 Å². The molecule has 31 heavy (non-hydrogen) atoms. The van der Waals surface area contributed by atoms with Crippen LogP contribution in [0.15, 0.2) is 72.7 Å². The van der Waals surface area contributed by atoms with Gasteiger partial charge in [-0.3, -0.25) is 0 Å². The van der Waals surface area contributed by atoms with Crippen molar-refractivity contribution in [1.29, 1.82) is 0 Å². The zero-order valence-corrected chi connectivity index (χ0v) is 21.3. The third kappa shape index (κ3) is 4.75. The highest BCUT2D eigenvalue weighted by Crippen LogP contribution is 2.38. The lowest BCUT2D eigenvalue weighted by Crippen LogP contribution is -2.67. The van der Waals surface area contributed by atoms with Crippen LogP contribution in [0.5, 0.6) is 0 Å². The van der Waals surface area contributed by atoms with E-state index in [0.29, 0.717) is 0 Å². The van der Waals surface area contributed by atoms with Gasteiger partial charge in [-0.2, -0.15) is 0 Å². The largest absolute Gasteiger partial charge is 0.486 e. The van der Waals surface area contributed by atoms with Gasteiger partial charge in [-0.05, 0) is 50.0 Å². The Morgan fingerprint density at radius 3 is 1.65 bits per heavy atom. The maximum atomic E-state index is 7.08. The summed E-state index contributed by atoms with van der Waals surface area (Å²) in [5.74, 6) is 2.00. The van der Waals surface area contributed by atoms with Gasteiger partial charge in [0, 0.05) is 0 Å². The highest BCUT2D eigenvalue weighted by Gasteiger charge is 2.52. The second-order valence-corrected chi connectivity index (χ2v) is 14.7. The van der Waals surface area contributed by atoms with Gasteiger partial charge in [-0.15, -0.1) is 0 Å². The standard InChI is InChI=1S/C26H37BO3Si/c1-21(19-20-27-29-25(5,6)26(7,8)30-27)28-31(24(2,3)4,22-15-11-9-12-16-22)23-17-13-10-14-18-23/h9-21H,1-8H3/b20-19+/t21-/m1/s1. The van der Waals surface area contributed by atoms with E-state index in [1.807, 2.05) is 5.98 Å². The zero-order valence-electron chi connectivity index (χ0n) is 20.3. The van der Waals surface area contributed by atoms with E-state index in [9.17, 15) is 0 Å². The first kappa shape index (κ1) is 24.0. The van der Waals surface area contributed by atoms with Crippen LogP contribution in [-0.4, -0.2) is 32.7 Å². The molecule has 0 bridgehead atoms. The number of hydrogen-bond donors (Lipinski definition) is 0. The van der Waals surface area contributed by atoms with Crippen molar-refractivity contribution in [3.63, 3.8) is 0 Å². The summed E-state index contributed by atoms with van der Waals surface area (Å²) in [4.78, 5) is 0. The molecule has 1 aliphatic rings. The van der Waals surface area contributed by atoms with Crippen LogP contribution in [0.25, 0.3) is 0 Å². The van der Waals surface area contributed by atoms with Crippen molar-refractivity contribution in [1.82, 2.24) is 0 Å². The van der Waals surface area contributed by atoms with Crippen molar-refractivity contribution in [2.45, 2.75) is 77.7 Å². The van der Waals surface area contributed by atoms with E-state index in [0.717, 1.165) is 0 Å². The summed E-state index contributed by atoms with van der Waals surface area (Å²) >= 11 is 0. The second kappa shape index (κ2) is 8.70. The Balaban J connectivity index is 1.94. The Labute approximate surface area is 190 Å². The summed E-state index contributed by atoms with van der Waals surface area (Å²) in [5.41, 5.74) is -0.686. The Bertz CT molecular complexity index is 832. The normalized spacial score (nSPS) is 19.7. The molecule has 0 radical (unpaired) electrons. The van der Waals surface area contributed by atoms with Crippen molar-refractivity contribution in [2.24, 2.45) is 0 Å². The van der Waals surface area contributed by atoms with Crippen LogP contribution in [0.2, 0.25) is 5.04 Å². The number of rotatable bonds is 6. The first-order valence-electron chi connectivity index (χ1n) is 11.2.